The second-order valence-electron chi connectivity index (χ2n) is 9.08. The largest absolute Gasteiger partial charge is 0.362 e. The number of rotatable bonds is 8. The molecule has 0 bridgehead atoms. The summed E-state index contributed by atoms with van der Waals surface area (Å²) in [6.07, 6.45) is 8.76. The van der Waals surface area contributed by atoms with Crippen molar-refractivity contribution in [2.45, 2.75) is 19.3 Å². The third-order valence-electron chi connectivity index (χ3n) is 6.56. The number of pyridine rings is 2. The Hall–Kier alpha value is -4.35. The number of allylic oxidation sites excluding steroid dienone is 1. The lowest BCUT2D eigenvalue weighted by Gasteiger charge is -2.20. The monoisotopic (exact) mass is 520 g/mol. The highest BCUT2D eigenvalue weighted by atomic mass is 35.5. The predicted octanol–water partition coefficient (Wildman–Crippen LogP) is 8.08. The Morgan fingerprint density at radius 2 is 1.76 bits per heavy atom. The molecule has 0 aliphatic heterocycles. The molecule has 38 heavy (non-hydrogen) atoms. The third kappa shape index (κ3) is 5.48. The lowest BCUT2D eigenvalue weighted by atomic mass is 9.85. The van der Waals surface area contributed by atoms with Crippen molar-refractivity contribution in [3.05, 3.63) is 148 Å². The standard InChI is InChI=1S/C32H26ClFN4/c1-21-28(17-22-8-11-27(12-9-22)37-16-4-14-35)32(33)29-19-24(10-13-30(29)38-21)31(25-6-3-15-36-20-25)23-5-2-7-26(34)18-23/h2-16,18-20,31,35,37H,17H2,1H3/b16-4-,35-14?. The number of aryl methyl sites for hydroxylation is 1. The van der Waals surface area contributed by atoms with E-state index in [1.165, 1.54) is 12.3 Å². The predicted molar refractivity (Wildman–Crippen MR) is 154 cm³/mol. The van der Waals surface area contributed by atoms with Crippen LogP contribution in [0.5, 0.6) is 0 Å². The molecule has 5 aromatic rings. The first-order chi connectivity index (χ1) is 18.5. The number of hydrogen-bond acceptors (Lipinski definition) is 4. The summed E-state index contributed by atoms with van der Waals surface area (Å²) in [4.78, 5) is 9.17. The first kappa shape index (κ1) is 25.3. The first-order valence-electron chi connectivity index (χ1n) is 12.3. The molecule has 5 rings (SSSR count). The maximum atomic E-state index is 14.2. The summed E-state index contributed by atoms with van der Waals surface area (Å²) in [5, 5.41) is 11.7. The minimum Gasteiger partial charge on any atom is -0.362 e. The smallest absolute Gasteiger partial charge is 0.123 e. The molecule has 1 atom stereocenters. The normalized spacial score (nSPS) is 12.1. The number of halogens is 2. The summed E-state index contributed by atoms with van der Waals surface area (Å²) < 4.78 is 14.2. The zero-order valence-corrected chi connectivity index (χ0v) is 21.6. The van der Waals surface area contributed by atoms with Crippen LogP contribution in [0, 0.1) is 18.2 Å². The van der Waals surface area contributed by atoms with Crippen LogP contribution in [0.4, 0.5) is 10.1 Å². The summed E-state index contributed by atoms with van der Waals surface area (Å²) in [7, 11) is 0. The molecule has 0 amide bonds. The van der Waals surface area contributed by atoms with Crippen molar-refractivity contribution in [1.29, 1.82) is 5.41 Å². The molecule has 0 saturated carbocycles. The molecule has 4 nitrogen and oxygen atoms in total. The molecule has 2 heterocycles. The van der Waals surface area contributed by atoms with Crippen LogP contribution in [0.15, 0.2) is 104 Å². The van der Waals surface area contributed by atoms with Crippen molar-refractivity contribution in [3.8, 4) is 0 Å². The van der Waals surface area contributed by atoms with Gasteiger partial charge in [0, 0.05) is 53.9 Å². The van der Waals surface area contributed by atoms with Crippen LogP contribution in [0.25, 0.3) is 10.9 Å². The second-order valence-corrected chi connectivity index (χ2v) is 9.46. The van der Waals surface area contributed by atoms with E-state index in [0.29, 0.717) is 11.4 Å². The topological polar surface area (TPSA) is 61.7 Å². The van der Waals surface area contributed by atoms with Crippen molar-refractivity contribution < 1.29 is 4.39 Å². The zero-order chi connectivity index (χ0) is 26.5. The number of nitrogens with zero attached hydrogens (tertiary/aromatic N) is 2. The molecular weight excluding hydrogens is 495 g/mol. The molecule has 188 valence electrons. The maximum Gasteiger partial charge on any atom is 0.123 e. The van der Waals surface area contributed by atoms with Gasteiger partial charge in [-0.15, -0.1) is 0 Å². The lowest BCUT2D eigenvalue weighted by Crippen LogP contribution is -2.05. The van der Waals surface area contributed by atoms with Crippen molar-refractivity contribution in [3.63, 3.8) is 0 Å². The van der Waals surface area contributed by atoms with Crippen LogP contribution in [-0.4, -0.2) is 16.2 Å². The van der Waals surface area contributed by atoms with Crippen LogP contribution in [0.3, 0.4) is 0 Å². The van der Waals surface area contributed by atoms with Crippen LogP contribution in [-0.2, 0) is 6.42 Å². The van der Waals surface area contributed by atoms with Gasteiger partial charge in [0.25, 0.3) is 0 Å². The molecule has 3 aromatic carbocycles. The molecule has 0 spiro atoms. The van der Waals surface area contributed by atoms with Gasteiger partial charge in [0.2, 0.25) is 0 Å². The van der Waals surface area contributed by atoms with Gasteiger partial charge in [-0.25, -0.2) is 4.39 Å². The molecular formula is C32H26ClFN4. The molecule has 2 aromatic heterocycles. The fourth-order valence-corrected chi connectivity index (χ4v) is 5.06. The van der Waals surface area contributed by atoms with Gasteiger partial charge in [-0.2, -0.15) is 0 Å². The number of nitrogens with one attached hydrogen (secondary N) is 2. The molecule has 0 aliphatic rings. The minimum absolute atomic E-state index is 0.202. The van der Waals surface area contributed by atoms with Gasteiger partial charge < -0.3 is 10.7 Å². The number of benzene rings is 3. The quantitative estimate of drug-likeness (QED) is 0.203. The Morgan fingerprint density at radius 3 is 2.50 bits per heavy atom. The summed E-state index contributed by atoms with van der Waals surface area (Å²) in [5.41, 5.74) is 7.54. The van der Waals surface area contributed by atoms with E-state index in [1.807, 2.05) is 55.6 Å². The van der Waals surface area contributed by atoms with Crippen LogP contribution in [0.2, 0.25) is 5.02 Å². The van der Waals surface area contributed by atoms with Gasteiger partial charge in [0.05, 0.1) is 10.5 Å². The molecule has 0 aliphatic carbocycles. The van der Waals surface area contributed by atoms with Crippen molar-refractivity contribution >= 4 is 34.4 Å². The van der Waals surface area contributed by atoms with Crippen molar-refractivity contribution in [2.24, 2.45) is 0 Å². The first-order valence-corrected chi connectivity index (χ1v) is 12.7. The van der Waals surface area contributed by atoms with E-state index in [0.717, 1.165) is 50.1 Å². The number of anilines is 1. The van der Waals surface area contributed by atoms with Crippen LogP contribution in [0.1, 0.15) is 39.4 Å². The van der Waals surface area contributed by atoms with E-state index < -0.39 is 0 Å². The number of hydrogen-bond donors (Lipinski definition) is 2. The van der Waals surface area contributed by atoms with Crippen molar-refractivity contribution in [1.82, 2.24) is 9.97 Å². The van der Waals surface area contributed by atoms with Crippen LogP contribution >= 0.6 is 11.6 Å². The Morgan fingerprint density at radius 1 is 0.974 bits per heavy atom. The second kappa shape index (κ2) is 11.4. The molecule has 0 saturated heterocycles. The number of aromatic nitrogens is 2. The summed E-state index contributed by atoms with van der Waals surface area (Å²) in [6.45, 7) is 1.98. The number of fused-ring (bicyclic) bond motifs is 1. The third-order valence-corrected chi connectivity index (χ3v) is 6.99. The molecule has 0 radical (unpaired) electrons. The highest BCUT2D eigenvalue weighted by Gasteiger charge is 2.20. The Kier molecular flexibility index (Phi) is 7.57. The minimum atomic E-state index is -0.276. The average molecular weight is 521 g/mol. The highest BCUT2D eigenvalue weighted by molar-refractivity contribution is 6.36. The van der Waals surface area contributed by atoms with Gasteiger partial charge in [0.15, 0.2) is 0 Å². The SMILES string of the molecule is Cc1nc2ccc(C(c3cccnc3)c3cccc(F)c3)cc2c(Cl)c1Cc1ccc(N/C=C\C=N)cc1. The Balaban J connectivity index is 1.54. The van der Waals surface area contributed by atoms with E-state index in [9.17, 15) is 4.39 Å². The van der Waals surface area contributed by atoms with E-state index in [1.54, 1.807) is 30.6 Å². The fraction of sp³-hybridized carbons (Fsp3) is 0.0938. The van der Waals surface area contributed by atoms with Gasteiger partial charge in [0.1, 0.15) is 5.82 Å². The summed E-state index contributed by atoms with van der Waals surface area (Å²) in [6, 6.07) is 24.8. The van der Waals surface area contributed by atoms with Crippen LogP contribution < -0.4 is 5.32 Å². The maximum absolute atomic E-state index is 14.2. The van der Waals surface area contributed by atoms with Gasteiger partial charge in [-0.1, -0.05) is 48.0 Å². The Bertz CT molecular complexity index is 1620. The fourth-order valence-electron chi connectivity index (χ4n) is 4.71. The lowest BCUT2D eigenvalue weighted by molar-refractivity contribution is 0.625. The van der Waals surface area contributed by atoms with E-state index in [4.69, 9.17) is 22.0 Å². The van der Waals surface area contributed by atoms with Crippen molar-refractivity contribution in [2.75, 3.05) is 5.32 Å². The van der Waals surface area contributed by atoms with Gasteiger partial charge in [-0.05, 0) is 83.3 Å². The average Bonchev–Trinajstić information content (AvgIpc) is 2.93. The highest BCUT2D eigenvalue weighted by Crippen LogP contribution is 2.36. The Labute approximate surface area is 226 Å². The zero-order valence-electron chi connectivity index (χ0n) is 20.8. The summed E-state index contributed by atoms with van der Waals surface area (Å²) >= 11 is 7.05. The molecule has 6 heteroatoms. The van der Waals surface area contributed by atoms with Gasteiger partial charge >= 0.3 is 0 Å². The summed E-state index contributed by atoms with van der Waals surface area (Å²) in [5.74, 6) is -0.479. The molecule has 0 fully saturated rings. The molecule has 1 unspecified atom stereocenters. The van der Waals surface area contributed by atoms with Gasteiger partial charge in [-0.3, -0.25) is 9.97 Å². The van der Waals surface area contributed by atoms with E-state index in [-0.39, 0.29) is 11.7 Å². The van der Waals surface area contributed by atoms with E-state index in [2.05, 4.69) is 28.5 Å². The molecule has 2 N–H and O–H groups in total. The van der Waals surface area contributed by atoms with E-state index >= 15 is 0 Å².